The van der Waals surface area contributed by atoms with Crippen molar-refractivity contribution in [1.82, 2.24) is 4.90 Å². The predicted molar refractivity (Wildman–Crippen MR) is 93.4 cm³/mol. The standard InChI is InChI=1S/C19H30N2O/c1-5-6-14-21(18-15(2)10-9-11-16(18)3)19(22)17(4)20-12-7-8-13-20/h9-11,17H,5-8,12-14H2,1-4H3. The smallest absolute Gasteiger partial charge is 0.244 e. The Hall–Kier alpha value is -1.35. The second-order valence-corrected chi connectivity index (χ2v) is 6.50. The highest BCUT2D eigenvalue weighted by atomic mass is 16.2. The third-order valence-corrected chi connectivity index (χ3v) is 4.76. The van der Waals surface area contributed by atoms with Gasteiger partial charge in [-0.05, 0) is 64.3 Å². The molecule has 1 unspecified atom stereocenters. The van der Waals surface area contributed by atoms with Crippen LogP contribution >= 0.6 is 0 Å². The zero-order valence-corrected chi connectivity index (χ0v) is 14.6. The third-order valence-electron chi connectivity index (χ3n) is 4.76. The number of rotatable bonds is 6. The number of amides is 1. The van der Waals surface area contributed by atoms with Crippen LogP contribution in [0.1, 0.15) is 50.7 Å². The van der Waals surface area contributed by atoms with Gasteiger partial charge in [0.05, 0.1) is 6.04 Å². The van der Waals surface area contributed by atoms with E-state index >= 15 is 0 Å². The van der Waals surface area contributed by atoms with Crippen molar-refractivity contribution in [2.45, 2.75) is 59.4 Å². The number of carbonyl (C=O) groups excluding carboxylic acids is 1. The molecule has 1 fully saturated rings. The summed E-state index contributed by atoms with van der Waals surface area (Å²) in [7, 11) is 0. The summed E-state index contributed by atoms with van der Waals surface area (Å²) in [5.41, 5.74) is 3.50. The van der Waals surface area contributed by atoms with Crippen LogP contribution < -0.4 is 4.90 Å². The molecular formula is C19H30N2O. The number of aryl methyl sites for hydroxylation is 2. The maximum absolute atomic E-state index is 13.1. The summed E-state index contributed by atoms with van der Waals surface area (Å²) in [6.07, 6.45) is 4.59. The van der Waals surface area contributed by atoms with E-state index in [9.17, 15) is 4.79 Å². The summed E-state index contributed by atoms with van der Waals surface area (Å²) in [5.74, 6) is 0.257. The van der Waals surface area contributed by atoms with Crippen molar-refractivity contribution in [1.29, 1.82) is 0 Å². The van der Waals surface area contributed by atoms with Gasteiger partial charge in [-0.2, -0.15) is 0 Å². The summed E-state index contributed by atoms with van der Waals surface area (Å²) < 4.78 is 0. The Morgan fingerprint density at radius 1 is 1.23 bits per heavy atom. The molecule has 0 saturated carbocycles. The topological polar surface area (TPSA) is 23.6 Å². The quantitative estimate of drug-likeness (QED) is 0.795. The van der Waals surface area contributed by atoms with Gasteiger partial charge in [0.25, 0.3) is 0 Å². The van der Waals surface area contributed by atoms with Crippen molar-refractivity contribution in [2.24, 2.45) is 0 Å². The van der Waals surface area contributed by atoms with Gasteiger partial charge in [0, 0.05) is 12.2 Å². The summed E-state index contributed by atoms with van der Waals surface area (Å²) in [6, 6.07) is 6.27. The van der Waals surface area contributed by atoms with Crippen LogP contribution in [0.15, 0.2) is 18.2 Å². The van der Waals surface area contributed by atoms with E-state index in [-0.39, 0.29) is 11.9 Å². The van der Waals surface area contributed by atoms with Crippen LogP contribution in [0.5, 0.6) is 0 Å². The average molecular weight is 302 g/mol. The molecule has 3 heteroatoms. The van der Waals surface area contributed by atoms with Crippen molar-refractivity contribution in [3.63, 3.8) is 0 Å². The largest absolute Gasteiger partial charge is 0.311 e. The van der Waals surface area contributed by atoms with Crippen molar-refractivity contribution in [2.75, 3.05) is 24.5 Å². The molecule has 1 atom stereocenters. The first-order valence-corrected chi connectivity index (χ1v) is 8.68. The van der Waals surface area contributed by atoms with Gasteiger partial charge in [-0.3, -0.25) is 9.69 Å². The Kier molecular flexibility index (Phi) is 6.01. The zero-order chi connectivity index (χ0) is 16.1. The first kappa shape index (κ1) is 17.0. The number of para-hydroxylation sites is 1. The van der Waals surface area contributed by atoms with E-state index in [1.807, 2.05) is 4.90 Å². The van der Waals surface area contributed by atoms with E-state index < -0.39 is 0 Å². The molecule has 1 heterocycles. The van der Waals surface area contributed by atoms with Crippen molar-refractivity contribution in [3.05, 3.63) is 29.3 Å². The van der Waals surface area contributed by atoms with Crippen molar-refractivity contribution < 1.29 is 4.79 Å². The lowest BCUT2D eigenvalue weighted by atomic mass is 10.1. The van der Waals surface area contributed by atoms with Gasteiger partial charge in [-0.1, -0.05) is 31.5 Å². The lowest BCUT2D eigenvalue weighted by molar-refractivity contribution is -0.123. The van der Waals surface area contributed by atoms with Crippen molar-refractivity contribution in [3.8, 4) is 0 Å². The Balaban J connectivity index is 2.26. The van der Waals surface area contributed by atoms with Crippen molar-refractivity contribution >= 4 is 11.6 Å². The highest BCUT2D eigenvalue weighted by Crippen LogP contribution is 2.27. The monoisotopic (exact) mass is 302 g/mol. The Morgan fingerprint density at radius 2 is 1.82 bits per heavy atom. The van der Waals surface area contributed by atoms with Crippen LogP contribution in [0.3, 0.4) is 0 Å². The molecule has 0 aromatic heterocycles. The van der Waals surface area contributed by atoms with Crippen LogP contribution in [-0.2, 0) is 4.79 Å². The first-order chi connectivity index (χ1) is 10.6. The molecule has 0 radical (unpaired) electrons. The molecule has 1 aromatic carbocycles. The number of unbranched alkanes of at least 4 members (excludes halogenated alkanes) is 1. The molecule has 0 N–H and O–H groups in total. The number of hydrogen-bond acceptors (Lipinski definition) is 2. The summed E-state index contributed by atoms with van der Waals surface area (Å²) in [4.78, 5) is 17.5. The normalized spacial score (nSPS) is 16.7. The fraction of sp³-hybridized carbons (Fsp3) is 0.632. The Morgan fingerprint density at radius 3 is 2.36 bits per heavy atom. The molecule has 1 aliphatic heterocycles. The van der Waals surface area contributed by atoms with Crippen LogP contribution in [0, 0.1) is 13.8 Å². The maximum Gasteiger partial charge on any atom is 0.244 e. The van der Waals surface area contributed by atoms with Gasteiger partial charge >= 0.3 is 0 Å². The van der Waals surface area contributed by atoms with E-state index in [1.165, 1.54) is 24.0 Å². The number of nitrogens with zero attached hydrogens (tertiary/aromatic N) is 2. The van der Waals surface area contributed by atoms with E-state index in [1.54, 1.807) is 0 Å². The zero-order valence-electron chi connectivity index (χ0n) is 14.6. The highest BCUT2D eigenvalue weighted by molar-refractivity contribution is 5.98. The minimum absolute atomic E-state index is 0.0154. The Bertz CT molecular complexity index is 486. The first-order valence-electron chi connectivity index (χ1n) is 8.68. The third kappa shape index (κ3) is 3.70. The fourth-order valence-electron chi connectivity index (χ4n) is 3.39. The van der Waals surface area contributed by atoms with E-state index in [4.69, 9.17) is 0 Å². The van der Waals surface area contributed by atoms with Gasteiger partial charge in [0.2, 0.25) is 5.91 Å². The van der Waals surface area contributed by atoms with Crippen LogP contribution in [0.4, 0.5) is 5.69 Å². The highest BCUT2D eigenvalue weighted by Gasteiger charge is 2.29. The lowest BCUT2D eigenvalue weighted by Gasteiger charge is -2.32. The van der Waals surface area contributed by atoms with E-state index in [0.717, 1.165) is 38.2 Å². The summed E-state index contributed by atoms with van der Waals surface area (Å²) in [6.45, 7) is 11.4. The molecule has 1 aliphatic rings. The number of likely N-dealkylation sites (tertiary alicyclic amines) is 1. The lowest BCUT2D eigenvalue weighted by Crippen LogP contribution is -2.47. The molecule has 2 rings (SSSR count). The number of carbonyl (C=O) groups is 1. The fourth-order valence-corrected chi connectivity index (χ4v) is 3.39. The van der Waals surface area contributed by atoms with Gasteiger partial charge in [-0.15, -0.1) is 0 Å². The second-order valence-electron chi connectivity index (χ2n) is 6.50. The van der Waals surface area contributed by atoms with E-state index in [2.05, 4.69) is 50.8 Å². The van der Waals surface area contributed by atoms with Crippen LogP contribution in [0.25, 0.3) is 0 Å². The van der Waals surface area contributed by atoms with Gasteiger partial charge in [0.15, 0.2) is 0 Å². The SMILES string of the molecule is CCCCN(C(=O)C(C)N1CCCC1)c1c(C)cccc1C. The summed E-state index contributed by atoms with van der Waals surface area (Å²) >= 11 is 0. The van der Waals surface area contributed by atoms with Gasteiger partial charge in [-0.25, -0.2) is 0 Å². The number of benzene rings is 1. The van der Waals surface area contributed by atoms with Gasteiger partial charge in [0.1, 0.15) is 0 Å². The van der Waals surface area contributed by atoms with Gasteiger partial charge < -0.3 is 4.90 Å². The molecule has 3 nitrogen and oxygen atoms in total. The van der Waals surface area contributed by atoms with Crippen LogP contribution in [0.2, 0.25) is 0 Å². The predicted octanol–water partition coefficient (Wildman–Crippen LogP) is 3.92. The summed E-state index contributed by atoms with van der Waals surface area (Å²) in [5, 5.41) is 0. The molecule has 1 saturated heterocycles. The average Bonchev–Trinajstić information content (AvgIpc) is 3.03. The molecule has 22 heavy (non-hydrogen) atoms. The molecule has 122 valence electrons. The number of hydrogen-bond donors (Lipinski definition) is 0. The number of anilines is 1. The molecule has 0 bridgehead atoms. The molecule has 0 aliphatic carbocycles. The Labute approximate surface area is 135 Å². The maximum atomic E-state index is 13.1. The van der Waals surface area contributed by atoms with Crippen LogP contribution in [-0.4, -0.2) is 36.5 Å². The minimum atomic E-state index is -0.0154. The minimum Gasteiger partial charge on any atom is -0.311 e. The molecule has 1 aromatic rings. The second kappa shape index (κ2) is 7.77. The molecule has 1 amide bonds. The van der Waals surface area contributed by atoms with E-state index in [0.29, 0.717) is 0 Å². The molecular weight excluding hydrogens is 272 g/mol. The molecule has 0 spiro atoms.